The molecule has 2 heterocycles. The minimum atomic E-state index is -0.431. The number of amides is 2. The van der Waals surface area contributed by atoms with Crippen LogP contribution in [-0.2, 0) is 27.3 Å². The van der Waals surface area contributed by atoms with Gasteiger partial charge in [0.25, 0.3) is 0 Å². The van der Waals surface area contributed by atoms with E-state index in [-0.39, 0.29) is 17.9 Å². The van der Waals surface area contributed by atoms with Gasteiger partial charge in [-0.05, 0) is 18.1 Å². The Labute approximate surface area is 149 Å². The summed E-state index contributed by atoms with van der Waals surface area (Å²) in [5.41, 5.74) is 2.28. The Kier molecular flexibility index (Phi) is 5.71. The molecule has 2 atom stereocenters. The van der Waals surface area contributed by atoms with Crippen molar-refractivity contribution in [3.63, 3.8) is 0 Å². The first kappa shape index (κ1) is 17.9. The van der Waals surface area contributed by atoms with E-state index in [2.05, 4.69) is 10.2 Å². The molecular weight excluding hydrogens is 318 g/mol. The highest BCUT2D eigenvalue weighted by molar-refractivity contribution is 5.88. The van der Waals surface area contributed by atoms with Crippen molar-refractivity contribution in [2.24, 2.45) is 0 Å². The van der Waals surface area contributed by atoms with Crippen molar-refractivity contribution in [1.29, 1.82) is 0 Å². The Morgan fingerprint density at radius 1 is 1.24 bits per heavy atom. The molecule has 6 nitrogen and oxygen atoms in total. The molecular formula is C19H27N3O3. The molecule has 1 N–H and O–H groups in total. The Bertz CT molecular complexity index is 628. The number of nitrogens with one attached hydrogen (secondary N) is 1. The summed E-state index contributed by atoms with van der Waals surface area (Å²) in [7, 11) is 0. The van der Waals surface area contributed by atoms with Crippen molar-refractivity contribution >= 4 is 11.8 Å². The first-order valence-corrected chi connectivity index (χ1v) is 8.99. The van der Waals surface area contributed by atoms with Gasteiger partial charge in [0, 0.05) is 45.6 Å². The van der Waals surface area contributed by atoms with E-state index in [1.165, 1.54) is 6.92 Å². The van der Waals surface area contributed by atoms with Crippen LogP contribution in [-0.4, -0.2) is 66.5 Å². The van der Waals surface area contributed by atoms with Gasteiger partial charge in [0.15, 0.2) is 0 Å². The number of fused-ring (bicyclic) bond motifs is 1. The second-order valence-corrected chi connectivity index (χ2v) is 6.96. The zero-order valence-electron chi connectivity index (χ0n) is 15.0. The van der Waals surface area contributed by atoms with Crippen molar-refractivity contribution in [3.05, 3.63) is 35.4 Å². The molecule has 0 bridgehead atoms. The van der Waals surface area contributed by atoms with Crippen molar-refractivity contribution in [3.8, 4) is 0 Å². The number of benzene rings is 1. The molecule has 25 heavy (non-hydrogen) atoms. The number of morpholine rings is 1. The van der Waals surface area contributed by atoms with Crippen LogP contribution in [0.25, 0.3) is 0 Å². The molecule has 2 aliphatic heterocycles. The topological polar surface area (TPSA) is 61.9 Å². The second-order valence-electron chi connectivity index (χ2n) is 6.96. The van der Waals surface area contributed by atoms with E-state index in [0.29, 0.717) is 13.0 Å². The quantitative estimate of drug-likeness (QED) is 0.877. The molecule has 0 radical (unpaired) electrons. The van der Waals surface area contributed by atoms with Crippen molar-refractivity contribution < 1.29 is 14.3 Å². The molecule has 136 valence electrons. The maximum atomic E-state index is 12.8. The maximum absolute atomic E-state index is 12.8. The molecule has 0 aliphatic carbocycles. The lowest BCUT2D eigenvalue weighted by atomic mass is 9.93. The molecule has 3 rings (SSSR count). The number of ether oxygens (including phenoxy) is 1. The molecule has 1 fully saturated rings. The Morgan fingerprint density at radius 3 is 2.60 bits per heavy atom. The van der Waals surface area contributed by atoms with Crippen molar-refractivity contribution in [2.45, 2.75) is 38.9 Å². The molecule has 6 heteroatoms. The third kappa shape index (κ3) is 4.38. The summed E-state index contributed by atoms with van der Waals surface area (Å²) in [6, 6.07) is 7.64. The lowest BCUT2D eigenvalue weighted by Gasteiger charge is -2.36. The fourth-order valence-corrected chi connectivity index (χ4v) is 3.64. The van der Waals surface area contributed by atoms with Crippen LogP contribution in [0.1, 0.15) is 25.0 Å². The molecule has 2 amide bonds. The van der Waals surface area contributed by atoms with Gasteiger partial charge in [-0.25, -0.2) is 0 Å². The summed E-state index contributed by atoms with van der Waals surface area (Å²) in [6.45, 7) is 8.15. The van der Waals surface area contributed by atoms with Crippen LogP contribution in [0.3, 0.4) is 0 Å². The SMILES string of the molecule is CC(=O)N1Cc2ccccc2C[C@@H]1C(=O)NC(C)CN1CCOCC1. The minimum absolute atomic E-state index is 0.0385. The summed E-state index contributed by atoms with van der Waals surface area (Å²) in [6.07, 6.45) is 0.575. The zero-order chi connectivity index (χ0) is 17.8. The highest BCUT2D eigenvalue weighted by atomic mass is 16.5. The molecule has 1 aromatic rings. The fourth-order valence-electron chi connectivity index (χ4n) is 3.64. The van der Waals surface area contributed by atoms with E-state index in [1.807, 2.05) is 31.2 Å². The highest BCUT2D eigenvalue weighted by Gasteiger charge is 2.33. The smallest absolute Gasteiger partial charge is 0.243 e. The van der Waals surface area contributed by atoms with E-state index in [4.69, 9.17) is 4.74 Å². The summed E-state index contributed by atoms with van der Waals surface area (Å²) in [5.74, 6) is -0.124. The normalized spacial score (nSPS) is 22.2. The summed E-state index contributed by atoms with van der Waals surface area (Å²) in [4.78, 5) is 28.9. The average molecular weight is 345 g/mol. The molecule has 0 spiro atoms. The lowest BCUT2D eigenvalue weighted by Crippen LogP contribution is -2.55. The van der Waals surface area contributed by atoms with Crippen LogP contribution >= 0.6 is 0 Å². The van der Waals surface area contributed by atoms with E-state index in [1.54, 1.807) is 4.90 Å². The van der Waals surface area contributed by atoms with Crippen molar-refractivity contribution in [2.75, 3.05) is 32.8 Å². The molecule has 0 saturated carbocycles. The van der Waals surface area contributed by atoms with Crippen LogP contribution in [0.2, 0.25) is 0 Å². The van der Waals surface area contributed by atoms with Gasteiger partial charge in [-0.1, -0.05) is 24.3 Å². The first-order valence-electron chi connectivity index (χ1n) is 8.99. The molecule has 2 aliphatic rings. The third-order valence-corrected chi connectivity index (χ3v) is 4.98. The first-order chi connectivity index (χ1) is 12.0. The monoisotopic (exact) mass is 345 g/mol. The van der Waals surface area contributed by atoms with Crippen LogP contribution in [0, 0.1) is 0 Å². The Morgan fingerprint density at radius 2 is 1.92 bits per heavy atom. The predicted molar refractivity (Wildman–Crippen MR) is 95.0 cm³/mol. The van der Waals surface area contributed by atoms with Gasteiger partial charge >= 0.3 is 0 Å². The Balaban J connectivity index is 1.64. The third-order valence-electron chi connectivity index (χ3n) is 4.98. The van der Waals surface area contributed by atoms with Gasteiger partial charge in [0.2, 0.25) is 11.8 Å². The van der Waals surface area contributed by atoms with Crippen LogP contribution < -0.4 is 5.32 Å². The van der Waals surface area contributed by atoms with Crippen LogP contribution in [0.15, 0.2) is 24.3 Å². The molecule has 1 unspecified atom stereocenters. The minimum Gasteiger partial charge on any atom is -0.379 e. The standard InChI is InChI=1S/C19H27N3O3/c1-14(12-21-7-9-25-10-8-21)20-19(24)18-11-16-5-3-4-6-17(16)13-22(18)15(2)23/h3-6,14,18H,7-13H2,1-2H3,(H,20,24)/t14?,18-/m1/s1. The van der Waals surface area contributed by atoms with Crippen LogP contribution in [0.4, 0.5) is 0 Å². The number of carbonyl (C=O) groups is 2. The summed E-state index contributed by atoms with van der Waals surface area (Å²) >= 11 is 0. The van der Waals surface area contributed by atoms with E-state index in [0.717, 1.165) is 44.0 Å². The summed E-state index contributed by atoms with van der Waals surface area (Å²) < 4.78 is 5.36. The average Bonchev–Trinajstić information content (AvgIpc) is 2.61. The molecule has 1 saturated heterocycles. The number of nitrogens with zero attached hydrogens (tertiary/aromatic N) is 2. The molecule has 0 aromatic heterocycles. The van der Waals surface area contributed by atoms with Gasteiger partial charge in [0.05, 0.1) is 13.2 Å². The lowest BCUT2D eigenvalue weighted by molar-refractivity contribution is -0.140. The fraction of sp³-hybridized carbons (Fsp3) is 0.579. The largest absolute Gasteiger partial charge is 0.379 e. The zero-order valence-corrected chi connectivity index (χ0v) is 15.0. The van der Waals surface area contributed by atoms with E-state index >= 15 is 0 Å². The van der Waals surface area contributed by atoms with Gasteiger partial charge in [-0.2, -0.15) is 0 Å². The number of rotatable bonds is 4. The molecule has 1 aromatic carbocycles. The maximum Gasteiger partial charge on any atom is 0.243 e. The summed E-state index contributed by atoms with van der Waals surface area (Å²) in [5, 5.41) is 3.10. The predicted octanol–water partition coefficient (Wildman–Crippen LogP) is 0.797. The number of hydrogen-bond acceptors (Lipinski definition) is 4. The second kappa shape index (κ2) is 7.97. The van der Waals surface area contributed by atoms with E-state index < -0.39 is 6.04 Å². The van der Waals surface area contributed by atoms with Gasteiger partial charge < -0.3 is 15.0 Å². The van der Waals surface area contributed by atoms with E-state index in [9.17, 15) is 9.59 Å². The number of hydrogen-bond donors (Lipinski definition) is 1. The van der Waals surface area contributed by atoms with Gasteiger partial charge in [-0.3, -0.25) is 14.5 Å². The van der Waals surface area contributed by atoms with Crippen LogP contribution in [0.5, 0.6) is 0 Å². The highest BCUT2D eigenvalue weighted by Crippen LogP contribution is 2.23. The van der Waals surface area contributed by atoms with Gasteiger partial charge in [-0.15, -0.1) is 0 Å². The Hall–Kier alpha value is -1.92. The van der Waals surface area contributed by atoms with Crippen molar-refractivity contribution in [1.82, 2.24) is 15.1 Å². The van der Waals surface area contributed by atoms with Gasteiger partial charge in [0.1, 0.15) is 6.04 Å². The number of carbonyl (C=O) groups excluding carboxylic acids is 2.